The fourth-order valence-electron chi connectivity index (χ4n) is 0.865. The molecule has 0 aliphatic rings. The first-order chi connectivity index (χ1) is 5.88. The van der Waals surface area contributed by atoms with E-state index < -0.39 is 10.2 Å². The zero-order chi connectivity index (χ0) is 10.1. The quantitative estimate of drug-likeness (QED) is 0.880. The second-order valence-electron chi connectivity index (χ2n) is 2.53. The van der Waals surface area contributed by atoms with Crippen LogP contribution in [0, 0.1) is 0 Å². The molecule has 0 fully saturated rings. The highest BCUT2D eigenvalue weighted by molar-refractivity contribution is 9.11. The lowest BCUT2D eigenvalue weighted by atomic mass is 10.3. The summed E-state index contributed by atoms with van der Waals surface area (Å²) in [4.78, 5) is 0.918. The third-order valence-electron chi connectivity index (χ3n) is 1.36. The summed E-state index contributed by atoms with van der Waals surface area (Å²) in [7, 11) is -3.62. The van der Waals surface area contributed by atoms with E-state index in [0.29, 0.717) is 0 Å². The Kier molecular flexibility index (Phi) is 3.47. The molecule has 0 aromatic carbocycles. The molecule has 1 rings (SSSR count). The van der Waals surface area contributed by atoms with Crippen molar-refractivity contribution in [2.45, 2.75) is 13.0 Å². The molecule has 4 nitrogen and oxygen atoms in total. The zero-order valence-electron chi connectivity index (χ0n) is 6.82. The first-order valence-corrected chi connectivity index (χ1v) is 6.59. The molecule has 1 aromatic rings. The Morgan fingerprint density at radius 1 is 1.62 bits per heavy atom. The van der Waals surface area contributed by atoms with Crippen LogP contribution in [0.3, 0.4) is 0 Å². The summed E-state index contributed by atoms with van der Waals surface area (Å²) < 4.78 is 24.6. The van der Waals surface area contributed by atoms with E-state index in [9.17, 15) is 8.42 Å². The van der Waals surface area contributed by atoms with Crippen molar-refractivity contribution in [3.63, 3.8) is 0 Å². The zero-order valence-corrected chi connectivity index (χ0v) is 10.0. The van der Waals surface area contributed by atoms with Crippen LogP contribution < -0.4 is 9.86 Å². The molecule has 0 aliphatic heterocycles. The third-order valence-corrected chi connectivity index (χ3v) is 3.85. The van der Waals surface area contributed by atoms with Gasteiger partial charge in [-0.1, -0.05) is 0 Å². The van der Waals surface area contributed by atoms with Gasteiger partial charge in [-0.15, -0.1) is 11.3 Å². The van der Waals surface area contributed by atoms with Gasteiger partial charge < -0.3 is 0 Å². The summed E-state index contributed by atoms with van der Waals surface area (Å²) in [6.07, 6.45) is 0. The Morgan fingerprint density at radius 2 is 2.23 bits per heavy atom. The maximum absolute atomic E-state index is 10.7. The predicted molar refractivity (Wildman–Crippen MR) is 56.7 cm³/mol. The average Bonchev–Trinajstić information content (AvgIpc) is 2.31. The van der Waals surface area contributed by atoms with Gasteiger partial charge in [0, 0.05) is 4.88 Å². The molecule has 0 saturated carbocycles. The molecule has 3 N–H and O–H groups in total. The number of nitrogens with one attached hydrogen (secondary N) is 1. The topological polar surface area (TPSA) is 72.2 Å². The van der Waals surface area contributed by atoms with E-state index in [1.54, 1.807) is 6.92 Å². The van der Waals surface area contributed by atoms with E-state index in [-0.39, 0.29) is 6.04 Å². The Labute approximate surface area is 89.5 Å². The van der Waals surface area contributed by atoms with E-state index in [1.165, 1.54) is 11.3 Å². The van der Waals surface area contributed by atoms with Gasteiger partial charge in [-0.3, -0.25) is 0 Å². The molecule has 0 spiro atoms. The number of nitrogens with two attached hydrogens (primary N) is 1. The molecule has 1 atom stereocenters. The van der Waals surface area contributed by atoms with Crippen molar-refractivity contribution < 1.29 is 8.42 Å². The van der Waals surface area contributed by atoms with Crippen LogP contribution in [-0.4, -0.2) is 8.42 Å². The molecule has 13 heavy (non-hydrogen) atoms. The molecule has 74 valence electrons. The van der Waals surface area contributed by atoms with Crippen LogP contribution in [0.2, 0.25) is 0 Å². The molecule has 7 heteroatoms. The summed E-state index contributed by atoms with van der Waals surface area (Å²) in [6.45, 7) is 1.74. The highest BCUT2D eigenvalue weighted by Gasteiger charge is 2.12. The van der Waals surface area contributed by atoms with Crippen LogP contribution in [0.5, 0.6) is 0 Å². The minimum absolute atomic E-state index is 0.286. The third kappa shape index (κ3) is 3.74. The van der Waals surface area contributed by atoms with E-state index in [4.69, 9.17) is 5.14 Å². The normalized spacial score (nSPS) is 14.4. The fourth-order valence-corrected chi connectivity index (χ4v) is 2.99. The molecule has 0 aliphatic carbocycles. The summed E-state index contributed by atoms with van der Waals surface area (Å²) in [5.74, 6) is 0. The highest BCUT2D eigenvalue weighted by atomic mass is 79.9. The Bertz CT molecular complexity index is 387. The van der Waals surface area contributed by atoms with E-state index in [0.717, 1.165) is 8.66 Å². The molecule has 0 radical (unpaired) electrons. The molecule has 1 heterocycles. The fraction of sp³-hybridized carbons (Fsp3) is 0.333. The molecule has 0 amide bonds. The predicted octanol–water partition coefficient (Wildman–Crippen LogP) is 1.36. The van der Waals surface area contributed by atoms with Crippen molar-refractivity contribution in [2.75, 3.05) is 0 Å². The van der Waals surface area contributed by atoms with Gasteiger partial charge in [-0.05, 0) is 35.0 Å². The molecule has 1 aromatic heterocycles. The van der Waals surface area contributed by atoms with Crippen LogP contribution in [0.4, 0.5) is 0 Å². The monoisotopic (exact) mass is 284 g/mol. The van der Waals surface area contributed by atoms with Gasteiger partial charge in [0.15, 0.2) is 0 Å². The van der Waals surface area contributed by atoms with Crippen molar-refractivity contribution in [1.82, 2.24) is 4.72 Å². The Balaban J connectivity index is 2.75. The minimum atomic E-state index is -3.62. The smallest absolute Gasteiger partial charge is 0.216 e. The van der Waals surface area contributed by atoms with E-state index in [2.05, 4.69) is 20.7 Å². The second-order valence-corrected chi connectivity index (χ2v) is 6.35. The van der Waals surface area contributed by atoms with Gasteiger partial charge in [0.25, 0.3) is 10.2 Å². The van der Waals surface area contributed by atoms with Crippen LogP contribution in [0.1, 0.15) is 17.8 Å². The lowest BCUT2D eigenvalue weighted by Gasteiger charge is -2.08. The molecule has 0 saturated heterocycles. The Morgan fingerprint density at radius 3 is 2.62 bits per heavy atom. The Hall–Kier alpha value is 0.0500. The summed E-state index contributed by atoms with van der Waals surface area (Å²) in [6, 6.07) is 3.42. The van der Waals surface area contributed by atoms with Crippen molar-refractivity contribution >= 4 is 37.5 Å². The molecule has 0 unspecified atom stereocenters. The summed E-state index contributed by atoms with van der Waals surface area (Å²) in [5.41, 5.74) is 0. The van der Waals surface area contributed by atoms with E-state index in [1.807, 2.05) is 12.1 Å². The SMILES string of the molecule is C[C@H](NS(N)(=O)=O)c1ccc(Br)s1. The first kappa shape index (κ1) is 11.1. The van der Waals surface area contributed by atoms with Gasteiger partial charge >= 0.3 is 0 Å². The number of thiophene rings is 1. The van der Waals surface area contributed by atoms with Crippen LogP contribution in [0.25, 0.3) is 0 Å². The molecular formula is C6H9BrN2O2S2. The van der Waals surface area contributed by atoms with Gasteiger partial charge in [0.1, 0.15) is 0 Å². The number of hydrogen-bond acceptors (Lipinski definition) is 3. The van der Waals surface area contributed by atoms with Gasteiger partial charge in [-0.25, -0.2) is 5.14 Å². The van der Waals surface area contributed by atoms with Crippen LogP contribution in [-0.2, 0) is 10.2 Å². The molecule has 0 bridgehead atoms. The standard InChI is InChI=1S/C6H9BrN2O2S2/c1-4(9-13(8,10)11)5-2-3-6(7)12-5/h2-4,9H,1H3,(H2,8,10,11)/t4-/m0/s1. The maximum Gasteiger partial charge on any atom is 0.274 e. The summed E-state index contributed by atoms with van der Waals surface area (Å²) in [5, 5.41) is 4.83. The van der Waals surface area contributed by atoms with Crippen LogP contribution >= 0.6 is 27.3 Å². The van der Waals surface area contributed by atoms with E-state index >= 15 is 0 Å². The van der Waals surface area contributed by atoms with Crippen molar-refractivity contribution in [3.8, 4) is 0 Å². The number of rotatable bonds is 3. The average molecular weight is 285 g/mol. The van der Waals surface area contributed by atoms with Crippen molar-refractivity contribution in [3.05, 3.63) is 20.8 Å². The number of hydrogen-bond donors (Lipinski definition) is 2. The minimum Gasteiger partial charge on any atom is -0.216 e. The van der Waals surface area contributed by atoms with Gasteiger partial charge in [0.05, 0.1) is 9.83 Å². The summed E-state index contributed by atoms with van der Waals surface area (Å²) >= 11 is 4.76. The second kappa shape index (κ2) is 4.05. The first-order valence-electron chi connectivity index (χ1n) is 3.44. The van der Waals surface area contributed by atoms with Crippen molar-refractivity contribution in [1.29, 1.82) is 0 Å². The van der Waals surface area contributed by atoms with Crippen molar-refractivity contribution in [2.24, 2.45) is 5.14 Å². The van der Waals surface area contributed by atoms with Gasteiger partial charge in [0.2, 0.25) is 0 Å². The lowest BCUT2D eigenvalue weighted by Crippen LogP contribution is -2.32. The highest BCUT2D eigenvalue weighted by Crippen LogP contribution is 2.27. The van der Waals surface area contributed by atoms with Gasteiger partial charge in [-0.2, -0.15) is 13.1 Å². The molecular weight excluding hydrogens is 276 g/mol. The largest absolute Gasteiger partial charge is 0.274 e. The lowest BCUT2D eigenvalue weighted by molar-refractivity contribution is 0.570. The number of halogens is 1. The maximum atomic E-state index is 10.7. The van der Waals surface area contributed by atoms with Crippen LogP contribution in [0.15, 0.2) is 15.9 Å².